The van der Waals surface area contributed by atoms with Gasteiger partial charge in [0.25, 0.3) is 0 Å². The number of carbonyl (C=O) groups is 3. The number of likely N-dealkylation sites (N-methyl/N-ethyl adjacent to an activating group) is 1. The summed E-state index contributed by atoms with van der Waals surface area (Å²) in [7, 11) is 1.73. The number of carbonyl (C=O) groups excluding carboxylic acids is 3. The van der Waals surface area contributed by atoms with Crippen molar-refractivity contribution in [1.29, 1.82) is 0 Å². The molecular weight excluding hydrogens is 530 g/mol. The number of halogens is 1. The van der Waals surface area contributed by atoms with Gasteiger partial charge in [-0.2, -0.15) is 0 Å². The van der Waals surface area contributed by atoms with Crippen LogP contribution in [0.15, 0.2) is 25.3 Å². The summed E-state index contributed by atoms with van der Waals surface area (Å²) in [5.74, 6) is -1.52. The van der Waals surface area contributed by atoms with E-state index >= 15 is 0 Å². The Labute approximate surface area is 222 Å². The van der Waals surface area contributed by atoms with Crippen LogP contribution in [0.5, 0.6) is 0 Å². The predicted octanol–water partition coefficient (Wildman–Crippen LogP) is 2.93. The normalized spacial score (nSPS) is 32.0. The van der Waals surface area contributed by atoms with Crippen molar-refractivity contribution in [2.24, 2.45) is 17.8 Å². The Morgan fingerprint density at radius 1 is 1.29 bits per heavy atom. The van der Waals surface area contributed by atoms with Crippen molar-refractivity contribution in [3.8, 4) is 0 Å². The average molecular weight is 571 g/mol. The van der Waals surface area contributed by atoms with Gasteiger partial charge in [-0.25, -0.2) is 0 Å². The van der Waals surface area contributed by atoms with Gasteiger partial charge in [0.2, 0.25) is 17.7 Å². The van der Waals surface area contributed by atoms with E-state index in [1.54, 1.807) is 45.7 Å². The lowest BCUT2D eigenvalue weighted by Gasteiger charge is -2.41. The largest absolute Gasteiger partial charge is 0.394 e. The van der Waals surface area contributed by atoms with Crippen LogP contribution in [0.3, 0.4) is 0 Å². The van der Waals surface area contributed by atoms with Crippen molar-refractivity contribution >= 4 is 45.4 Å². The molecule has 0 saturated carbocycles. The number of rotatable bonds is 12. The SMILES string of the molecule is C=CCN(C)C(=O)[C@H]1[C@H]2C(=O)N([C@@H](CO)C(C)C)C(C(=O)N(CC=C)CCCC)C23CC(Br)[C@@H]1S3. The minimum Gasteiger partial charge on any atom is -0.394 e. The van der Waals surface area contributed by atoms with Crippen LogP contribution in [0.1, 0.15) is 40.0 Å². The summed E-state index contributed by atoms with van der Waals surface area (Å²) in [5.41, 5.74) is 0. The topological polar surface area (TPSA) is 81.2 Å². The molecule has 7 nitrogen and oxygen atoms in total. The average Bonchev–Trinajstić information content (AvgIpc) is 3.40. The monoisotopic (exact) mass is 569 g/mol. The zero-order chi connectivity index (χ0) is 26.1. The van der Waals surface area contributed by atoms with Crippen molar-refractivity contribution in [3.05, 3.63) is 25.3 Å². The van der Waals surface area contributed by atoms with Gasteiger partial charge >= 0.3 is 0 Å². The first-order valence-corrected chi connectivity index (χ1v) is 14.4. The van der Waals surface area contributed by atoms with Crippen LogP contribution < -0.4 is 0 Å². The lowest BCUT2D eigenvalue weighted by Crippen LogP contribution is -2.58. The summed E-state index contributed by atoms with van der Waals surface area (Å²) < 4.78 is -0.712. The lowest BCUT2D eigenvalue weighted by atomic mass is 9.70. The van der Waals surface area contributed by atoms with E-state index < -0.39 is 28.7 Å². The standard InChI is InChI=1S/C26H40BrN3O4S/c1-7-10-13-29(12-9-3)25(34)22-26-14-17(27)21(35-26)19(23(32)28(6)11-8-2)20(26)24(33)30(22)18(15-31)16(4)5/h8-9,16-22,31H,2-3,7,10-15H2,1,4-6H3/t17?,18-,19-,20-,21-,22?,26?/m0/s1. The van der Waals surface area contributed by atoms with Crippen LogP contribution in [0, 0.1) is 17.8 Å². The molecule has 0 radical (unpaired) electrons. The number of hydrogen-bond acceptors (Lipinski definition) is 5. The maximum absolute atomic E-state index is 14.3. The minimum atomic E-state index is -0.728. The van der Waals surface area contributed by atoms with Gasteiger partial charge in [0.05, 0.1) is 29.2 Å². The smallest absolute Gasteiger partial charge is 0.247 e. The lowest BCUT2D eigenvalue weighted by molar-refractivity contribution is -0.147. The summed E-state index contributed by atoms with van der Waals surface area (Å²) in [5, 5.41) is 10.2. The molecule has 3 aliphatic heterocycles. The van der Waals surface area contributed by atoms with E-state index in [0.29, 0.717) is 26.1 Å². The summed E-state index contributed by atoms with van der Waals surface area (Å²) in [6, 6.07) is -1.22. The van der Waals surface area contributed by atoms with E-state index in [0.717, 1.165) is 12.8 Å². The molecule has 3 rings (SSSR count). The Morgan fingerprint density at radius 3 is 2.49 bits per heavy atom. The zero-order valence-electron chi connectivity index (χ0n) is 21.4. The van der Waals surface area contributed by atoms with Crippen LogP contribution in [-0.2, 0) is 14.4 Å². The molecule has 0 aromatic heterocycles. The Bertz CT molecular complexity index is 854. The first kappa shape index (κ1) is 28.3. The number of hydrogen-bond donors (Lipinski definition) is 1. The van der Waals surface area contributed by atoms with E-state index in [1.807, 2.05) is 13.8 Å². The Morgan fingerprint density at radius 2 is 1.94 bits per heavy atom. The molecule has 3 heterocycles. The molecule has 2 bridgehead atoms. The van der Waals surface area contributed by atoms with E-state index in [9.17, 15) is 19.5 Å². The minimum absolute atomic E-state index is 0.0213. The second-order valence-corrected chi connectivity index (χ2v) is 13.1. The number of fused-ring (bicyclic) bond motifs is 1. The van der Waals surface area contributed by atoms with Gasteiger partial charge in [-0.15, -0.1) is 24.9 Å². The fraction of sp³-hybridized carbons (Fsp3) is 0.731. The molecular formula is C26H40BrN3O4S. The van der Waals surface area contributed by atoms with Crippen LogP contribution in [0.25, 0.3) is 0 Å². The highest BCUT2D eigenvalue weighted by Gasteiger charge is 2.76. The summed E-state index contributed by atoms with van der Waals surface area (Å²) in [6.07, 6.45) is 5.83. The van der Waals surface area contributed by atoms with Crippen molar-refractivity contribution in [2.75, 3.05) is 33.3 Å². The zero-order valence-corrected chi connectivity index (χ0v) is 23.8. The molecule has 1 N–H and O–H groups in total. The van der Waals surface area contributed by atoms with Gasteiger partial charge in [-0.3, -0.25) is 14.4 Å². The van der Waals surface area contributed by atoms with Crippen molar-refractivity contribution in [2.45, 2.75) is 66.9 Å². The Kier molecular flexibility index (Phi) is 9.19. The van der Waals surface area contributed by atoms with Gasteiger partial charge in [-0.1, -0.05) is 55.3 Å². The summed E-state index contributed by atoms with van der Waals surface area (Å²) in [6.45, 7) is 14.7. The molecule has 3 amide bonds. The first-order valence-electron chi connectivity index (χ1n) is 12.6. The third-order valence-electron chi connectivity index (χ3n) is 7.78. The van der Waals surface area contributed by atoms with Crippen LogP contribution in [0.4, 0.5) is 0 Å². The number of nitrogens with zero attached hydrogens (tertiary/aromatic N) is 3. The molecule has 0 aromatic rings. The number of thioether (sulfide) groups is 1. The van der Waals surface area contributed by atoms with Gasteiger partial charge in [-0.05, 0) is 18.8 Å². The summed E-state index contributed by atoms with van der Waals surface area (Å²) >= 11 is 5.44. The molecule has 3 unspecified atom stereocenters. The number of likely N-dealkylation sites (tertiary alicyclic amines) is 1. The fourth-order valence-corrected chi connectivity index (χ4v) is 9.70. The Hall–Kier alpha value is -1.32. The van der Waals surface area contributed by atoms with Crippen molar-refractivity contribution in [1.82, 2.24) is 14.7 Å². The number of aliphatic hydroxyl groups excluding tert-OH is 1. The number of unbranched alkanes of at least 4 members (excludes halogenated alkanes) is 1. The molecule has 0 aromatic carbocycles. The van der Waals surface area contributed by atoms with Crippen molar-refractivity contribution < 1.29 is 19.5 Å². The summed E-state index contributed by atoms with van der Waals surface area (Å²) in [4.78, 5) is 47.1. The molecule has 3 saturated heterocycles. The van der Waals surface area contributed by atoms with E-state index in [1.165, 1.54) is 0 Å². The van der Waals surface area contributed by atoms with Gasteiger partial charge in [0.15, 0.2) is 0 Å². The fourth-order valence-electron chi connectivity index (χ4n) is 6.11. The maximum atomic E-state index is 14.3. The molecule has 0 aliphatic carbocycles. The first-order chi connectivity index (χ1) is 16.6. The quantitative estimate of drug-likeness (QED) is 0.288. The Balaban J connectivity index is 2.12. The van der Waals surface area contributed by atoms with Gasteiger partial charge < -0.3 is 19.8 Å². The van der Waals surface area contributed by atoms with Crippen LogP contribution >= 0.6 is 27.7 Å². The van der Waals surface area contributed by atoms with Crippen LogP contribution in [0.2, 0.25) is 0 Å². The third-order valence-corrected chi connectivity index (χ3v) is 11.0. The highest BCUT2D eigenvalue weighted by molar-refractivity contribution is 9.09. The van der Waals surface area contributed by atoms with E-state index in [2.05, 4.69) is 36.0 Å². The van der Waals surface area contributed by atoms with Gasteiger partial charge in [0.1, 0.15) is 6.04 Å². The maximum Gasteiger partial charge on any atom is 0.247 e. The highest BCUT2D eigenvalue weighted by Crippen LogP contribution is 2.68. The van der Waals surface area contributed by atoms with E-state index in [4.69, 9.17) is 0 Å². The highest BCUT2D eigenvalue weighted by atomic mass is 79.9. The molecule has 1 spiro atoms. The molecule has 3 fully saturated rings. The molecule has 9 heteroatoms. The molecule has 35 heavy (non-hydrogen) atoms. The van der Waals surface area contributed by atoms with E-state index in [-0.39, 0.29) is 40.3 Å². The second kappa shape index (κ2) is 11.4. The van der Waals surface area contributed by atoms with Gasteiger partial charge in [0, 0.05) is 36.8 Å². The molecule has 196 valence electrons. The van der Waals surface area contributed by atoms with Crippen LogP contribution in [-0.4, -0.2) is 97.7 Å². The third kappa shape index (κ3) is 4.73. The molecule has 7 atom stereocenters. The molecule has 3 aliphatic rings. The number of aliphatic hydroxyl groups is 1. The predicted molar refractivity (Wildman–Crippen MR) is 144 cm³/mol. The number of alkyl halides is 1. The second-order valence-electron chi connectivity index (χ2n) is 10.3. The van der Waals surface area contributed by atoms with Crippen molar-refractivity contribution in [3.63, 3.8) is 0 Å². The number of amides is 3.